The lowest BCUT2D eigenvalue weighted by atomic mass is 9.85. The Hall–Kier alpha value is -2.33. The number of nitrogens with zero attached hydrogens (tertiary/aromatic N) is 1. The second-order valence-corrected chi connectivity index (χ2v) is 7.13. The highest BCUT2D eigenvalue weighted by atomic mass is 16.5. The Morgan fingerprint density at radius 3 is 2.61 bits per heavy atom. The van der Waals surface area contributed by atoms with E-state index < -0.39 is 73.6 Å². The van der Waals surface area contributed by atoms with Gasteiger partial charge in [-0.2, -0.15) is 0 Å². The highest BCUT2D eigenvalue weighted by molar-refractivity contribution is 6.02. The van der Waals surface area contributed by atoms with Gasteiger partial charge in [-0.25, -0.2) is 0 Å². The van der Waals surface area contributed by atoms with Crippen LogP contribution in [0.15, 0.2) is 42.4 Å². The molecule has 4 nitrogen and oxygen atoms in total. The molecule has 0 bridgehead atoms. The Kier molecular flexibility index (Phi) is 2.96. The molecule has 2 aliphatic rings. The molecule has 1 aliphatic heterocycles. The van der Waals surface area contributed by atoms with E-state index >= 15 is 0 Å². The lowest BCUT2D eigenvalue weighted by molar-refractivity contribution is 0.0895. The molecule has 148 valence electrons. The molecular formula is C24H29NO3. The number of ketones is 1. The van der Waals surface area contributed by atoms with E-state index in [2.05, 4.69) is 4.90 Å². The Morgan fingerprint density at radius 2 is 1.89 bits per heavy atom. The zero-order chi connectivity index (χ0) is 29.0. The first kappa shape index (κ1) is 9.93. The summed E-state index contributed by atoms with van der Waals surface area (Å²) < 4.78 is 97.9. The zero-order valence-electron chi connectivity index (χ0n) is 26.4. The average Bonchev–Trinajstić information content (AvgIpc) is 3.12. The summed E-state index contributed by atoms with van der Waals surface area (Å²) in [7, 11) is -6.29. The van der Waals surface area contributed by atoms with E-state index in [9.17, 15) is 4.79 Å². The monoisotopic (exact) mass is 390 g/mol. The van der Waals surface area contributed by atoms with Gasteiger partial charge in [-0.1, -0.05) is 30.3 Å². The Morgan fingerprint density at radius 1 is 1.18 bits per heavy atom. The summed E-state index contributed by atoms with van der Waals surface area (Å²) in [5, 5.41) is 0. The number of hydrogen-bond acceptors (Lipinski definition) is 4. The summed E-state index contributed by atoms with van der Waals surface area (Å²) in [4.78, 5) is 15.8. The predicted octanol–water partition coefficient (Wildman–Crippen LogP) is 4.36. The topological polar surface area (TPSA) is 38.8 Å². The van der Waals surface area contributed by atoms with Crippen LogP contribution in [0.3, 0.4) is 0 Å². The van der Waals surface area contributed by atoms with E-state index in [0.29, 0.717) is 32.5 Å². The number of likely N-dealkylation sites (tertiary alicyclic amines) is 1. The van der Waals surface area contributed by atoms with Gasteiger partial charge in [0.05, 0.1) is 25.0 Å². The van der Waals surface area contributed by atoms with Crippen LogP contribution in [0.4, 0.5) is 0 Å². The quantitative estimate of drug-likeness (QED) is 0.735. The second-order valence-electron chi connectivity index (χ2n) is 7.13. The molecule has 0 aromatic heterocycles. The SMILES string of the molecule is [2H]c1c2c(c([2H])c(OC([2H])([2H])[2H])c1OC([2H])([2H])[2H])C(=O)C([2H])(C([2H])([2H])C1CCN(Cc3ccccc3)CC1)C2. The van der Waals surface area contributed by atoms with E-state index in [4.69, 9.17) is 24.6 Å². The second kappa shape index (κ2) is 8.36. The van der Waals surface area contributed by atoms with Crippen LogP contribution < -0.4 is 9.47 Å². The van der Waals surface area contributed by atoms with Crippen molar-refractivity contribution < 1.29 is 29.3 Å². The van der Waals surface area contributed by atoms with Crippen molar-refractivity contribution in [1.29, 1.82) is 0 Å². The van der Waals surface area contributed by atoms with Gasteiger partial charge in [-0.15, -0.1) is 0 Å². The molecule has 1 saturated heterocycles. The molecule has 0 radical (unpaired) electrons. The van der Waals surface area contributed by atoms with Crippen LogP contribution in [0.5, 0.6) is 11.5 Å². The largest absolute Gasteiger partial charge is 0.493 e. The maximum Gasteiger partial charge on any atom is 0.166 e. The smallest absolute Gasteiger partial charge is 0.166 e. The maximum atomic E-state index is 13.6. The van der Waals surface area contributed by atoms with E-state index in [-0.39, 0.29) is 5.56 Å². The number of ether oxygens (including phenoxy) is 2. The molecule has 2 aromatic rings. The lowest BCUT2D eigenvalue weighted by Gasteiger charge is -2.32. The molecule has 28 heavy (non-hydrogen) atoms. The Bertz CT molecular complexity index is 1240. The summed E-state index contributed by atoms with van der Waals surface area (Å²) >= 11 is 0. The summed E-state index contributed by atoms with van der Waals surface area (Å²) in [6.45, 7) is 1.80. The lowest BCUT2D eigenvalue weighted by Crippen LogP contribution is -2.34. The predicted molar refractivity (Wildman–Crippen MR) is 110 cm³/mol. The molecule has 0 spiro atoms. The fourth-order valence-electron chi connectivity index (χ4n) is 3.82. The summed E-state index contributed by atoms with van der Waals surface area (Å²) in [5.74, 6) is -5.93. The summed E-state index contributed by atoms with van der Waals surface area (Å²) in [6, 6.07) is 8.26. The number of rotatable bonds is 6. The highest BCUT2D eigenvalue weighted by Crippen LogP contribution is 2.39. The number of Topliss-reactive ketones (excluding diaryl/α,β-unsaturated/α-hetero) is 1. The highest BCUT2D eigenvalue weighted by Gasteiger charge is 2.34. The van der Waals surface area contributed by atoms with E-state index in [0.717, 1.165) is 5.56 Å². The average molecular weight is 391 g/mol. The number of benzene rings is 2. The van der Waals surface area contributed by atoms with Crippen LogP contribution in [-0.4, -0.2) is 37.8 Å². The van der Waals surface area contributed by atoms with Crippen LogP contribution in [0.25, 0.3) is 0 Å². The van der Waals surface area contributed by atoms with E-state index in [1.807, 2.05) is 30.3 Å². The zero-order valence-corrected chi connectivity index (χ0v) is 15.4. The number of carbonyl (C=O) groups excluding carboxylic acids is 1. The van der Waals surface area contributed by atoms with Crippen molar-refractivity contribution in [1.82, 2.24) is 4.90 Å². The molecule has 0 amide bonds. The molecule has 4 rings (SSSR count). The molecule has 4 heteroatoms. The molecule has 2 aromatic carbocycles. The van der Waals surface area contributed by atoms with E-state index in [1.54, 1.807) is 0 Å². The summed E-state index contributed by atoms with van der Waals surface area (Å²) in [6.07, 6.45) is -2.19. The van der Waals surface area contributed by atoms with Crippen LogP contribution in [0, 0.1) is 11.8 Å². The minimum atomic E-state index is -3.16. The molecule has 1 fully saturated rings. The van der Waals surface area contributed by atoms with Gasteiger partial charge in [-0.05, 0) is 67.9 Å². The number of piperidine rings is 1. The Labute approximate surface area is 182 Å². The third-order valence-electron chi connectivity index (χ3n) is 5.28. The normalized spacial score (nSPS) is 30.0. The van der Waals surface area contributed by atoms with Gasteiger partial charge in [0.15, 0.2) is 17.3 Å². The molecular weight excluding hydrogens is 350 g/mol. The number of hydrogen-bond donors (Lipinski definition) is 0. The van der Waals surface area contributed by atoms with Crippen LogP contribution in [0.1, 0.15) is 55.8 Å². The van der Waals surface area contributed by atoms with Crippen LogP contribution in [-0.2, 0) is 13.0 Å². The molecule has 1 unspecified atom stereocenters. The van der Waals surface area contributed by atoms with Crippen molar-refractivity contribution in [2.45, 2.75) is 32.2 Å². The Balaban J connectivity index is 1.64. The first-order chi connectivity index (χ1) is 17.9. The standard InChI is InChI=1S/C24H29NO3/c1-27-22-14-19-13-20(24(26)21(19)15-23(22)28-2)12-17-8-10-25(11-9-17)16-18-6-4-3-5-7-18/h3-7,14-15,17,20H,8-13,16H2,1-2H3/i1D3,2D3,12D2,14D,15D,20D. The van der Waals surface area contributed by atoms with Crippen molar-refractivity contribution in [3.8, 4) is 11.5 Å². The van der Waals surface area contributed by atoms with Crippen molar-refractivity contribution in [3.05, 3.63) is 59.1 Å². The third-order valence-corrected chi connectivity index (χ3v) is 5.28. The van der Waals surface area contributed by atoms with Crippen LogP contribution in [0.2, 0.25) is 0 Å². The number of carbonyl (C=O) groups is 1. The number of methoxy groups -OCH3 is 2. The van der Waals surface area contributed by atoms with Crippen molar-refractivity contribution >= 4 is 5.78 Å². The molecule has 1 atom stereocenters. The minimum Gasteiger partial charge on any atom is -0.493 e. The molecule has 0 N–H and O–H groups in total. The van der Waals surface area contributed by atoms with Gasteiger partial charge < -0.3 is 9.47 Å². The van der Waals surface area contributed by atoms with Crippen molar-refractivity contribution in [2.24, 2.45) is 11.8 Å². The first-order valence-electron chi connectivity index (χ1n) is 14.8. The first-order valence-corrected chi connectivity index (χ1v) is 9.30. The molecule has 1 aliphatic carbocycles. The van der Waals surface area contributed by atoms with Gasteiger partial charge in [0.1, 0.15) is 0 Å². The minimum absolute atomic E-state index is 0.234. The fourth-order valence-corrected chi connectivity index (χ4v) is 3.82. The maximum absolute atomic E-state index is 13.6. The van der Waals surface area contributed by atoms with Gasteiger partial charge in [0.2, 0.25) is 0 Å². The van der Waals surface area contributed by atoms with Gasteiger partial charge >= 0.3 is 0 Å². The van der Waals surface area contributed by atoms with Gasteiger partial charge in [0, 0.05) is 22.1 Å². The van der Waals surface area contributed by atoms with Gasteiger partial charge in [-0.3, -0.25) is 9.69 Å². The van der Waals surface area contributed by atoms with E-state index in [1.165, 1.54) is 0 Å². The number of fused-ring (bicyclic) bond motifs is 1. The van der Waals surface area contributed by atoms with Crippen molar-refractivity contribution in [2.75, 3.05) is 27.2 Å². The van der Waals surface area contributed by atoms with Gasteiger partial charge in [0.25, 0.3) is 0 Å². The molecule has 1 heterocycles. The molecule has 0 saturated carbocycles. The van der Waals surface area contributed by atoms with Crippen molar-refractivity contribution in [3.63, 3.8) is 0 Å². The third kappa shape index (κ3) is 3.93. The van der Waals surface area contributed by atoms with Crippen LogP contribution >= 0.6 is 0 Å². The fraction of sp³-hybridized carbons (Fsp3) is 0.458. The summed E-state index contributed by atoms with van der Waals surface area (Å²) in [5.41, 5.74) is 0.369.